The van der Waals surface area contributed by atoms with Gasteiger partial charge in [0, 0.05) is 42.5 Å². The lowest BCUT2D eigenvalue weighted by molar-refractivity contribution is 0.119. The van der Waals surface area contributed by atoms with E-state index in [4.69, 9.17) is 0 Å². The summed E-state index contributed by atoms with van der Waals surface area (Å²) in [6.45, 7) is 11.5. The van der Waals surface area contributed by atoms with E-state index < -0.39 is 0 Å². The lowest BCUT2D eigenvalue weighted by atomic mass is 10.1. The third-order valence-corrected chi connectivity index (χ3v) is 5.81. The number of imidazole rings is 1. The van der Waals surface area contributed by atoms with E-state index in [1.54, 1.807) is 11.3 Å². The molecule has 6 heteroatoms. The second kappa shape index (κ2) is 8.42. The Morgan fingerprint density at radius 3 is 2.37 bits per heavy atom. The first-order valence-corrected chi connectivity index (χ1v) is 10.4. The summed E-state index contributed by atoms with van der Waals surface area (Å²) in [5.41, 5.74) is 3.20. The molecule has 1 aromatic carbocycles. The normalized spacial score (nSPS) is 13.0. The maximum absolute atomic E-state index is 12.6. The average molecular weight is 388 g/mol. The zero-order valence-electron chi connectivity index (χ0n) is 16.6. The Balaban J connectivity index is 1.91. The zero-order chi connectivity index (χ0) is 19.6. The molecular formula is C21H29N3O2S. The van der Waals surface area contributed by atoms with Crippen molar-refractivity contribution in [1.29, 1.82) is 0 Å². The van der Waals surface area contributed by atoms with Crippen molar-refractivity contribution in [1.82, 2.24) is 14.0 Å². The maximum Gasteiger partial charge on any atom is 0.329 e. The van der Waals surface area contributed by atoms with Gasteiger partial charge in [0.15, 0.2) is 0 Å². The van der Waals surface area contributed by atoms with Crippen molar-refractivity contribution in [3.05, 3.63) is 56.1 Å². The van der Waals surface area contributed by atoms with Crippen LogP contribution in [0.15, 0.2) is 35.1 Å². The molecule has 2 aromatic heterocycles. The van der Waals surface area contributed by atoms with Crippen LogP contribution in [0, 0.1) is 6.92 Å². The van der Waals surface area contributed by atoms with Crippen LogP contribution in [-0.2, 0) is 26.2 Å². The summed E-state index contributed by atoms with van der Waals surface area (Å²) >= 11 is 1.80. The SMILES string of the molecule is CCn1c(=O)n(CC)c2cc(CN(Cc3ccc(C)s3)C[C@H](C)O)ccc21. The van der Waals surface area contributed by atoms with Crippen molar-refractivity contribution in [2.45, 2.75) is 60.0 Å². The fraction of sp³-hybridized carbons (Fsp3) is 0.476. The molecule has 146 valence electrons. The van der Waals surface area contributed by atoms with Gasteiger partial charge in [-0.25, -0.2) is 4.79 Å². The largest absolute Gasteiger partial charge is 0.392 e. The van der Waals surface area contributed by atoms with E-state index in [2.05, 4.69) is 42.2 Å². The van der Waals surface area contributed by atoms with E-state index in [9.17, 15) is 9.90 Å². The molecule has 1 N–H and O–H groups in total. The molecule has 0 aliphatic carbocycles. The smallest absolute Gasteiger partial charge is 0.329 e. The van der Waals surface area contributed by atoms with Crippen LogP contribution in [0.3, 0.4) is 0 Å². The topological polar surface area (TPSA) is 50.4 Å². The molecule has 27 heavy (non-hydrogen) atoms. The molecule has 0 unspecified atom stereocenters. The van der Waals surface area contributed by atoms with Gasteiger partial charge in [-0.2, -0.15) is 0 Å². The molecule has 0 saturated carbocycles. The Labute approximate surface area is 164 Å². The van der Waals surface area contributed by atoms with Crippen LogP contribution < -0.4 is 5.69 Å². The minimum Gasteiger partial charge on any atom is -0.392 e. The number of aromatic nitrogens is 2. The number of aryl methyl sites for hydroxylation is 3. The lowest BCUT2D eigenvalue weighted by Gasteiger charge is -2.23. The number of aliphatic hydroxyl groups excluding tert-OH is 1. The highest BCUT2D eigenvalue weighted by molar-refractivity contribution is 7.11. The maximum atomic E-state index is 12.6. The first-order valence-electron chi connectivity index (χ1n) is 9.60. The van der Waals surface area contributed by atoms with Crippen LogP contribution in [0.4, 0.5) is 0 Å². The van der Waals surface area contributed by atoms with Gasteiger partial charge in [-0.15, -0.1) is 11.3 Å². The fourth-order valence-electron chi connectivity index (χ4n) is 3.68. The summed E-state index contributed by atoms with van der Waals surface area (Å²) in [5, 5.41) is 9.92. The van der Waals surface area contributed by atoms with Crippen LogP contribution in [0.1, 0.15) is 36.1 Å². The number of fused-ring (bicyclic) bond motifs is 1. The molecule has 3 aromatic rings. The van der Waals surface area contributed by atoms with E-state index in [0.717, 1.165) is 29.7 Å². The molecule has 0 radical (unpaired) electrons. The zero-order valence-corrected chi connectivity index (χ0v) is 17.4. The summed E-state index contributed by atoms with van der Waals surface area (Å²) in [6.07, 6.45) is -0.384. The van der Waals surface area contributed by atoms with Gasteiger partial charge in [-0.05, 0) is 57.5 Å². The van der Waals surface area contributed by atoms with E-state index >= 15 is 0 Å². The summed E-state index contributed by atoms with van der Waals surface area (Å²) < 4.78 is 3.66. The molecule has 0 spiro atoms. The molecular weight excluding hydrogens is 358 g/mol. The predicted octanol–water partition coefficient (Wildman–Crippen LogP) is 3.60. The van der Waals surface area contributed by atoms with Gasteiger partial charge in [-0.3, -0.25) is 14.0 Å². The molecule has 0 amide bonds. The second-order valence-electron chi connectivity index (χ2n) is 7.13. The van der Waals surface area contributed by atoms with Gasteiger partial charge in [0.25, 0.3) is 0 Å². The van der Waals surface area contributed by atoms with Gasteiger partial charge in [0.2, 0.25) is 0 Å². The second-order valence-corrected chi connectivity index (χ2v) is 8.50. The molecule has 3 rings (SSSR count). The molecule has 0 fully saturated rings. The summed E-state index contributed by atoms with van der Waals surface area (Å²) in [7, 11) is 0. The molecule has 0 aliphatic rings. The third-order valence-electron chi connectivity index (χ3n) is 4.82. The number of hydrogen-bond acceptors (Lipinski definition) is 4. The number of rotatable bonds is 8. The van der Waals surface area contributed by atoms with Crippen molar-refractivity contribution >= 4 is 22.4 Å². The number of hydrogen-bond donors (Lipinski definition) is 1. The molecule has 0 bridgehead atoms. The number of aliphatic hydroxyl groups is 1. The van der Waals surface area contributed by atoms with E-state index in [1.807, 2.05) is 29.9 Å². The van der Waals surface area contributed by atoms with Crippen molar-refractivity contribution in [3.63, 3.8) is 0 Å². The monoisotopic (exact) mass is 387 g/mol. The van der Waals surface area contributed by atoms with Gasteiger partial charge in [0.1, 0.15) is 0 Å². The Hall–Kier alpha value is -1.89. The molecule has 5 nitrogen and oxygen atoms in total. The van der Waals surface area contributed by atoms with Crippen molar-refractivity contribution in [3.8, 4) is 0 Å². The van der Waals surface area contributed by atoms with Crippen molar-refractivity contribution < 1.29 is 5.11 Å². The molecule has 0 saturated heterocycles. The summed E-state index contributed by atoms with van der Waals surface area (Å²) in [6, 6.07) is 10.6. The highest BCUT2D eigenvalue weighted by Crippen LogP contribution is 2.21. The van der Waals surface area contributed by atoms with Gasteiger partial charge >= 0.3 is 5.69 Å². The number of benzene rings is 1. The van der Waals surface area contributed by atoms with Gasteiger partial charge < -0.3 is 5.11 Å². The highest BCUT2D eigenvalue weighted by Gasteiger charge is 2.15. The Kier molecular flexibility index (Phi) is 6.19. The number of nitrogens with zero attached hydrogens (tertiary/aromatic N) is 3. The van der Waals surface area contributed by atoms with E-state index in [0.29, 0.717) is 19.6 Å². The molecule has 0 aliphatic heterocycles. The van der Waals surface area contributed by atoms with Crippen LogP contribution in [0.25, 0.3) is 11.0 Å². The first kappa shape index (κ1) is 19.9. The Bertz CT molecular complexity index is 968. The standard InChI is InChI=1S/C21H29N3O2S/c1-5-23-19-10-8-17(11-20(19)24(6-2)21(23)26)13-22(12-15(3)25)14-18-9-7-16(4)27-18/h7-11,15,25H,5-6,12-14H2,1-4H3/t15-/m0/s1. The first-order chi connectivity index (χ1) is 12.9. The van der Waals surface area contributed by atoms with Crippen molar-refractivity contribution in [2.24, 2.45) is 0 Å². The van der Waals surface area contributed by atoms with Crippen LogP contribution >= 0.6 is 11.3 Å². The minimum atomic E-state index is -0.384. The quantitative estimate of drug-likeness (QED) is 0.643. The van der Waals surface area contributed by atoms with Crippen LogP contribution in [0.5, 0.6) is 0 Å². The molecule has 1 atom stereocenters. The minimum absolute atomic E-state index is 0.0575. The van der Waals surface area contributed by atoms with E-state index in [1.165, 1.54) is 9.75 Å². The lowest BCUT2D eigenvalue weighted by Crippen LogP contribution is -2.30. The Morgan fingerprint density at radius 2 is 1.78 bits per heavy atom. The molecule has 2 heterocycles. The third kappa shape index (κ3) is 4.34. The van der Waals surface area contributed by atoms with Crippen LogP contribution in [-0.4, -0.2) is 31.8 Å². The average Bonchev–Trinajstić information content (AvgIpc) is 3.13. The fourth-order valence-corrected chi connectivity index (χ4v) is 4.62. The Morgan fingerprint density at radius 1 is 1.07 bits per heavy atom. The predicted molar refractivity (Wildman–Crippen MR) is 112 cm³/mol. The van der Waals surface area contributed by atoms with Gasteiger partial charge in [0.05, 0.1) is 17.1 Å². The summed E-state index contributed by atoms with van der Waals surface area (Å²) in [4.78, 5) is 17.4. The number of thiophene rings is 1. The van der Waals surface area contributed by atoms with E-state index in [-0.39, 0.29) is 11.8 Å². The summed E-state index contributed by atoms with van der Waals surface area (Å²) in [5.74, 6) is 0. The van der Waals surface area contributed by atoms with Gasteiger partial charge in [-0.1, -0.05) is 6.07 Å². The van der Waals surface area contributed by atoms with Crippen LogP contribution in [0.2, 0.25) is 0 Å². The van der Waals surface area contributed by atoms with Crippen molar-refractivity contribution in [2.75, 3.05) is 6.54 Å². The highest BCUT2D eigenvalue weighted by atomic mass is 32.1.